The molecule has 0 atom stereocenters. The molecule has 0 unspecified atom stereocenters. The van der Waals surface area contributed by atoms with Crippen molar-refractivity contribution in [1.29, 1.82) is 0 Å². The number of ether oxygens (including phenoxy) is 1. The van der Waals surface area contributed by atoms with Gasteiger partial charge in [-0.3, -0.25) is 0 Å². The summed E-state index contributed by atoms with van der Waals surface area (Å²) in [4.78, 5) is 0. The molecule has 0 heterocycles. The Morgan fingerprint density at radius 1 is 0.944 bits per heavy atom. The fourth-order valence-corrected chi connectivity index (χ4v) is 5.18. The molecule has 0 fully saturated rings. The first-order chi connectivity index (χ1) is 8.52. The van der Waals surface area contributed by atoms with Crippen LogP contribution in [0.1, 0.15) is 27.7 Å². The third kappa shape index (κ3) is 5.33. The molecule has 1 aromatic rings. The zero-order chi connectivity index (χ0) is 13.5. The van der Waals surface area contributed by atoms with E-state index in [1.807, 2.05) is 24.3 Å². The molecular formula is C15H25AlO2. The number of hydrogen-bond donors (Lipinski definition) is 0. The maximum atomic E-state index is 6.27. The fourth-order valence-electron chi connectivity index (χ4n) is 2.14. The monoisotopic (exact) mass is 264 g/mol. The van der Waals surface area contributed by atoms with Crippen LogP contribution in [0.25, 0.3) is 0 Å². The molecule has 0 amide bonds. The van der Waals surface area contributed by atoms with E-state index in [1.165, 1.54) is 10.6 Å². The van der Waals surface area contributed by atoms with Crippen molar-refractivity contribution >= 4 is 14.5 Å². The van der Waals surface area contributed by atoms with E-state index in [-0.39, 0.29) is 0 Å². The third-order valence-corrected chi connectivity index (χ3v) is 6.36. The van der Waals surface area contributed by atoms with Crippen LogP contribution < -0.4 is 8.53 Å². The van der Waals surface area contributed by atoms with E-state index in [2.05, 4.69) is 27.7 Å². The van der Waals surface area contributed by atoms with Gasteiger partial charge in [0, 0.05) is 0 Å². The lowest BCUT2D eigenvalue weighted by atomic mass is 10.3. The van der Waals surface area contributed by atoms with Crippen LogP contribution in [0.2, 0.25) is 10.6 Å². The Labute approximate surface area is 116 Å². The predicted molar refractivity (Wildman–Crippen MR) is 78.7 cm³/mol. The molecule has 0 saturated heterocycles. The summed E-state index contributed by atoms with van der Waals surface area (Å²) in [5.74, 6) is 3.17. The van der Waals surface area contributed by atoms with Crippen LogP contribution in [-0.4, -0.2) is 21.6 Å². The topological polar surface area (TPSA) is 18.5 Å². The van der Waals surface area contributed by atoms with Crippen molar-refractivity contribution in [3.63, 3.8) is 0 Å². The highest BCUT2D eigenvalue weighted by atomic mass is 27.2. The normalized spacial score (nSPS) is 10.8. The third-order valence-electron chi connectivity index (χ3n) is 2.83. The van der Waals surface area contributed by atoms with E-state index >= 15 is 0 Å². The molecule has 18 heavy (non-hydrogen) atoms. The SMILES string of the molecule is COc1ccccc1[O][Al]([CH2]C(C)C)[CH2]C(C)C. The summed E-state index contributed by atoms with van der Waals surface area (Å²) >= 11 is -1.20. The first-order valence-electron chi connectivity index (χ1n) is 6.82. The second-order valence-electron chi connectivity index (χ2n) is 5.65. The van der Waals surface area contributed by atoms with Crippen molar-refractivity contribution in [1.82, 2.24) is 0 Å². The number of methoxy groups -OCH3 is 1. The lowest BCUT2D eigenvalue weighted by molar-refractivity contribution is 0.391. The Morgan fingerprint density at radius 3 is 1.89 bits per heavy atom. The molecular weight excluding hydrogens is 239 g/mol. The first kappa shape index (κ1) is 15.4. The second-order valence-corrected chi connectivity index (χ2v) is 8.07. The van der Waals surface area contributed by atoms with Gasteiger partial charge in [0.05, 0.1) is 7.11 Å². The summed E-state index contributed by atoms with van der Waals surface area (Å²) < 4.78 is 11.6. The van der Waals surface area contributed by atoms with Crippen molar-refractivity contribution in [2.45, 2.75) is 38.3 Å². The van der Waals surface area contributed by atoms with Crippen LogP contribution in [0.15, 0.2) is 24.3 Å². The molecule has 0 aromatic heterocycles. The maximum Gasteiger partial charge on any atom is 0.547 e. The minimum atomic E-state index is -1.20. The Balaban J connectivity index is 2.74. The molecule has 0 saturated carbocycles. The highest BCUT2D eigenvalue weighted by molar-refractivity contribution is 6.52. The van der Waals surface area contributed by atoms with Gasteiger partial charge in [-0.25, -0.2) is 0 Å². The largest absolute Gasteiger partial charge is 0.640 e. The van der Waals surface area contributed by atoms with Crippen molar-refractivity contribution in [3.05, 3.63) is 24.3 Å². The van der Waals surface area contributed by atoms with Crippen molar-refractivity contribution in [3.8, 4) is 11.5 Å². The van der Waals surface area contributed by atoms with Gasteiger partial charge in [0.1, 0.15) is 5.75 Å². The van der Waals surface area contributed by atoms with Crippen LogP contribution in [-0.2, 0) is 0 Å². The Morgan fingerprint density at radius 2 is 1.44 bits per heavy atom. The molecule has 0 aliphatic heterocycles. The maximum absolute atomic E-state index is 6.27. The van der Waals surface area contributed by atoms with Crippen LogP contribution >= 0.6 is 0 Å². The summed E-state index contributed by atoms with van der Waals surface area (Å²) in [7, 11) is 1.70. The van der Waals surface area contributed by atoms with Crippen molar-refractivity contribution in [2.24, 2.45) is 11.8 Å². The first-order valence-corrected chi connectivity index (χ1v) is 8.93. The Bertz CT molecular complexity index is 340. The van der Waals surface area contributed by atoms with Crippen LogP contribution in [0.4, 0.5) is 0 Å². The zero-order valence-electron chi connectivity index (χ0n) is 12.3. The average molecular weight is 264 g/mol. The molecule has 0 aliphatic carbocycles. The van der Waals surface area contributed by atoms with Crippen molar-refractivity contribution in [2.75, 3.05) is 7.11 Å². The highest BCUT2D eigenvalue weighted by Gasteiger charge is 2.26. The summed E-state index contributed by atoms with van der Waals surface area (Å²) in [5, 5.41) is 2.44. The number of rotatable bonds is 7. The van der Waals surface area contributed by atoms with Gasteiger partial charge in [-0.15, -0.1) is 0 Å². The summed E-state index contributed by atoms with van der Waals surface area (Å²) in [6.07, 6.45) is 0. The van der Waals surface area contributed by atoms with E-state index in [0.29, 0.717) is 11.8 Å². The Kier molecular flexibility index (Phi) is 6.60. The second kappa shape index (κ2) is 7.71. The van der Waals surface area contributed by atoms with Gasteiger partial charge in [-0.2, -0.15) is 0 Å². The van der Waals surface area contributed by atoms with E-state index in [4.69, 9.17) is 8.53 Å². The summed E-state index contributed by atoms with van der Waals surface area (Å²) in [6.45, 7) is 9.08. The van der Waals surface area contributed by atoms with E-state index in [1.54, 1.807) is 7.11 Å². The van der Waals surface area contributed by atoms with E-state index in [0.717, 1.165) is 11.5 Å². The van der Waals surface area contributed by atoms with Crippen molar-refractivity contribution < 1.29 is 8.53 Å². The molecule has 2 nitrogen and oxygen atoms in total. The fraction of sp³-hybridized carbons (Fsp3) is 0.600. The molecule has 0 bridgehead atoms. The Hall–Kier alpha value is -0.648. The van der Waals surface area contributed by atoms with E-state index < -0.39 is 14.5 Å². The van der Waals surface area contributed by atoms with Gasteiger partial charge in [-0.1, -0.05) is 62.2 Å². The smallest absolute Gasteiger partial charge is 0.547 e. The van der Waals surface area contributed by atoms with Gasteiger partial charge in [0.2, 0.25) is 0 Å². The standard InChI is InChI=1S/C7H8O2.2C4H9.Al/c1-9-7-5-3-2-4-6(7)8;2*1-4(2)3;/h2-5,8H,1H3;2*4H,1H2,2-3H3;/q;;;+1/p-1. The van der Waals surface area contributed by atoms with Gasteiger partial charge in [0.25, 0.3) is 0 Å². The number of benzene rings is 1. The van der Waals surface area contributed by atoms with Crippen LogP contribution in [0.3, 0.4) is 0 Å². The minimum absolute atomic E-state index is 0.704. The molecule has 1 aromatic carbocycles. The molecule has 0 N–H and O–H groups in total. The van der Waals surface area contributed by atoms with Crippen LogP contribution in [0, 0.1) is 11.8 Å². The van der Waals surface area contributed by atoms with Gasteiger partial charge in [0.15, 0.2) is 5.75 Å². The van der Waals surface area contributed by atoms with Gasteiger partial charge in [-0.05, 0) is 12.1 Å². The average Bonchev–Trinajstić information content (AvgIpc) is 2.27. The molecule has 3 heteroatoms. The molecule has 100 valence electrons. The molecule has 1 rings (SSSR count). The zero-order valence-corrected chi connectivity index (χ0v) is 13.4. The number of hydrogen-bond acceptors (Lipinski definition) is 2. The molecule has 0 spiro atoms. The van der Waals surface area contributed by atoms with Gasteiger partial charge < -0.3 is 8.53 Å². The highest BCUT2D eigenvalue weighted by Crippen LogP contribution is 2.28. The lowest BCUT2D eigenvalue weighted by Crippen LogP contribution is -2.25. The molecule has 0 radical (unpaired) electrons. The predicted octanol–water partition coefficient (Wildman–Crippen LogP) is 4.38. The number of para-hydroxylation sites is 2. The minimum Gasteiger partial charge on any atom is -0.640 e. The van der Waals surface area contributed by atoms with E-state index in [9.17, 15) is 0 Å². The lowest BCUT2D eigenvalue weighted by Gasteiger charge is -2.20. The molecule has 0 aliphatic rings. The quantitative estimate of drug-likeness (QED) is 0.680. The van der Waals surface area contributed by atoms with Crippen LogP contribution in [0.5, 0.6) is 11.5 Å². The van der Waals surface area contributed by atoms with Gasteiger partial charge >= 0.3 is 14.5 Å². The summed E-state index contributed by atoms with van der Waals surface area (Å²) in [5.41, 5.74) is 0. The summed E-state index contributed by atoms with van der Waals surface area (Å²) in [6, 6.07) is 7.96.